The Morgan fingerprint density at radius 1 is 1.45 bits per heavy atom. The number of fused-ring (bicyclic) bond motifs is 2. The van der Waals surface area contributed by atoms with Crippen LogP contribution in [-0.4, -0.2) is 48.4 Å². The van der Waals surface area contributed by atoms with Gasteiger partial charge in [-0.3, -0.25) is 0 Å². The van der Waals surface area contributed by atoms with Crippen LogP contribution in [0.5, 0.6) is 0 Å². The number of carbonyl (C=O) groups excluding carboxylic acids is 2. The van der Waals surface area contributed by atoms with Gasteiger partial charge in [0, 0.05) is 35.0 Å². The first-order chi connectivity index (χ1) is 13.6. The molecule has 162 valence electrons. The summed E-state index contributed by atoms with van der Waals surface area (Å²) in [5, 5.41) is 10.7. The Labute approximate surface area is 172 Å². The molecule has 3 fully saturated rings. The summed E-state index contributed by atoms with van der Waals surface area (Å²) in [4.78, 5) is 24.6. The van der Waals surface area contributed by atoms with Crippen molar-refractivity contribution in [2.24, 2.45) is 23.2 Å². The van der Waals surface area contributed by atoms with E-state index in [-0.39, 0.29) is 29.8 Å². The van der Waals surface area contributed by atoms with E-state index in [1.54, 1.807) is 19.9 Å². The smallest absolute Gasteiger partial charge is 0.334 e. The van der Waals surface area contributed by atoms with Gasteiger partial charge in [-0.1, -0.05) is 26.5 Å². The molecule has 2 heterocycles. The van der Waals surface area contributed by atoms with Gasteiger partial charge in [-0.25, -0.2) is 9.59 Å². The van der Waals surface area contributed by atoms with Crippen LogP contribution in [0.3, 0.4) is 0 Å². The predicted octanol–water partition coefficient (Wildman–Crippen LogP) is 2.73. The van der Waals surface area contributed by atoms with E-state index in [1.807, 2.05) is 20.8 Å². The third-order valence-electron chi connectivity index (χ3n) is 6.81. The fourth-order valence-electron chi connectivity index (χ4n) is 5.25. The highest BCUT2D eigenvalue weighted by Crippen LogP contribution is 2.56. The van der Waals surface area contributed by atoms with E-state index in [4.69, 9.17) is 18.9 Å². The minimum Gasteiger partial charge on any atom is -0.458 e. The molecule has 2 aliphatic heterocycles. The highest BCUT2D eigenvalue weighted by molar-refractivity contribution is 5.90. The van der Waals surface area contributed by atoms with Gasteiger partial charge in [0.25, 0.3) is 0 Å². The van der Waals surface area contributed by atoms with Gasteiger partial charge in [0.05, 0.1) is 0 Å². The lowest BCUT2D eigenvalue weighted by Crippen LogP contribution is -2.60. The van der Waals surface area contributed by atoms with E-state index in [2.05, 4.69) is 6.58 Å². The minimum atomic E-state index is -1.30. The lowest BCUT2D eigenvalue weighted by molar-refractivity contribution is -0.351. The highest BCUT2D eigenvalue weighted by Gasteiger charge is 2.61. The fraction of sp³-hybridized carbons (Fsp3) is 0.727. The SMILES string of the molecule is C=C1C(=O)O[C@@H]2C[C@@H](C)[C@@H]3[C@@H](OC(=O)/C(C)=C/C)[C@H](O)O[C@@H](OCC)[C@@]3(C)C[C@@H]12. The molecule has 0 bridgehead atoms. The normalized spacial score (nSPS) is 42.6. The molecule has 1 aliphatic carbocycles. The monoisotopic (exact) mass is 408 g/mol. The number of allylic oxidation sites excluding steroid dienone is 1. The van der Waals surface area contributed by atoms with Gasteiger partial charge in [0.2, 0.25) is 0 Å². The lowest BCUT2D eigenvalue weighted by Gasteiger charge is -2.52. The van der Waals surface area contributed by atoms with E-state index >= 15 is 0 Å². The maximum atomic E-state index is 12.5. The van der Waals surface area contributed by atoms with Crippen molar-refractivity contribution in [1.82, 2.24) is 0 Å². The molecule has 0 aromatic carbocycles. The number of esters is 2. The van der Waals surface area contributed by atoms with E-state index in [1.165, 1.54) is 0 Å². The molecule has 0 aromatic heterocycles. The maximum absolute atomic E-state index is 12.5. The van der Waals surface area contributed by atoms with Gasteiger partial charge in [-0.2, -0.15) is 0 Å². The van der Waals surface area contributed by atoms with Crippen LogP contribution in [0.1, 0.15) is 47.5 Å². The van der Waals surface area contributed by atoms with Gasteiger partial charge in [0.1, 0.15) is 6.10 Å². The quantitative estimate of drug-likeness (QED) is 0.565. The molecule has 1 saturated carbocycles. The highest BCUT2D eigenvalue weighted by atomic mass is 16.7. The van der Waals surface area contributed by atoms with Crippen molar-refractivity contribution in [3.63, 3.8) is 0 Å². The lowest BCUT2D eigenvalue weighted by atomic mass is 9.64. The van der Waals surface area contributed by atoms with Gasteiger partial charge in [0.15, 0.2) is 18.7 Å². The molecular weight excluding hydrogens is 376 g/mol. The van der Waals surface area contributed by atoms with Crippen LogP contribution in [0.15, 0.2) is 23.8 Å². The Morgan fingerprint density at radius 3 is 2.76 bits per heavy atom. The van der Waals surface area contributed by atoms with Gasteiger partial charge >= 0.3 is 11.9 Å². The van der Waals surface area contributed by atoms with Crippen molar-refractivity contribution >= 4 is 11.9 Å². The fourth-order valence-corrected chi connectivity index (χ4v) is 5.25. The zero-order chi connectivity index (χ0) is 21.5. The van der Waals surface area contributed by atoms with Crippen molar-refractivity contribution in [2.75, 3.05) is 6.61 Å². The maximum Gasteiger partial charge on any atom is 0.334 e. The Balaban J connectivity index is 2.01. The minimum absolute atomic E-state index is 0.0149. The number of carbonyl (C=O) groups is 2. The van der Waals surface area contributed by atoms with Gasteiger partial charge in [-0.15, -0.1) is 0 Å². The molecule has 1 N–H and O–H groups in total. The van der Waals surface area contributed by atoms with E-state index in [0.29, 0.717) is 30.6 Å². The molecule has 2 saturated heterocycles. The second-order valence-corrected chi connectivity index (χ2v) is 8.68. The van der Waals surface area contributed by atoms with Crippen LogP contribution in [-0.2, 0) is 28.5 Å². The number of aliphatic hydroxyl groups is 1. The Kier molecular flexibility index (Phi) is 6.22. The number of hydrogen-bond donors (Lipinski definition) is 1. The summed E-state index contributed by atoms with van der Waals surface area (Å²) in [5.74, 6) is -1.25. The standard InChI is InChI=1S/C22H32O7/c1-7-11(3)18(23)28-17-16-12(4)9-15-14(13(5)19(24)27-15)10-22(16,6)21(26-8-2)29-20(17)25/h7,12,14-17,20-21,25H,5,8-10H2,1-4,6H3/b11-7+/t12-,14+,15-,16-,17-,20-,21-,22+/m1/s1. The molecule has 0 amide bonds. The molecule has 8 atom stereocenters. The Morgan fingerprint density at radius 2 is 2.14 bits per heavy atom. The summed E-state index contributed by atoms with van der Waals surface area (Å²) in [7, 11) is 0. The number of ether oxygens (including phenoxy) is 4. The zero-order valence-electron chi connectivity index (χ0n) is 17.8. The summed E-state index contributed by atoms with van der Waals surface area (Å²) in [6.45, 7) is 13.7. The molecule has 7 heteroatoms. The predicted molar refractivity (Wildman–Crippen MR) is 104 cm³/mol. The third kappa shape index (κ3) is 3.76. The number of hydrogen-bond acceptors (Lipinski definition) is 7. The molecular formula is C22H32O7. The largest absolute Gasteiger partial charge is 0.458 e. The Bertz CT molecular complexity index is 714. The topological polar surface area (TPSA) is 91.3 Å². The van der Waals surface area contributed by atoms with Crippen LogP contribution in [0.2, 0.25) is 0 Å². The molecule has 3 aliphatic rings. The molecule has 0 aromatic rings. The van der Waals surface area contributed by atoms with E-state index in [9.17, 15) is 14.7 Å². The molecule has 3 rings (SSSR count). The number of aliphatic hydroxyl groups excluding tert-OH is 1. The molecule has 29 heavy (non-hydrogen) atoms. The summed E-state index contributed by atoms with van der Waals surface area (Å²) in [5.41, 5.74) is 0.315. The van der Waals surface area contributed by atoms with Crippen LogP contribution < -0.4 is 0 Å². The molecule has 0 spiro atoms. The van der Waals surface area contributed by atoms with Crippen molar-refractivity contribution in [2.45, 2.75) is 72.2 Å². The second kappa shape index (κ2) is 8.20. The van der Waals surface area contributed by atoms with Crippen molar-refractivity contribution in [3.05, 3.63) is 23.8 Å². The summed E-state index contributed by atoms with van der Waals surface area (Å²) in [6, 6.07) is 0. The second-order valence-electron chi connectivity index (χ2n) is 8.68. The third-order valence-corrected chi connectivity index (χ3v) is 6.81. The number of rotatable bonds is 4. The van der Waals surface area contributed by atoms with Crippen LogP contribution in [0, 0.1) is 23.2 Å². The summed E-state index contributed by atoms with van der Waals surface area (Å²) >= 11 is 0. The first kappa shape index (κ1) is 22.0. The van der Waals surface area contributed by atoms with Crippen molar-refractivity contribution in [3.8, 4) is 0 Å². The van der Waals surface area contributed by atoms with Crippen molar-refractivity contribution in [1.29, 1.82) is 0 Å². The van der Waals surface area contributed by atoms with E-state index in [0.717, 1.165) is 0 Å². The van der Waals surface area contributed by atoms with Crippen LogP contribution in [0.4, 0.5) is 0 Å². The summed E-state index contributed by atoms with van der Waals surface area (Å²) in [6.07, 6.45) is -0.328. The molecule has 0 unspecified atom stereocenters. The Hall–Kier alpha value is -1.70. The first-order valence-electron chi connectivity index (χ1n) is 10.3. The summed E-state index contributed by atoms with van der Waals surface area (Å²) < 4.78 is 23.0. The van der Waals surface area contributed by atoms with Crippen LogP contribution >= 0.6 is 0 Å². The molecule has 7 nitrogen and oxygen atoms in total. The van der Waals surface area contributed by atoms with Crippen LogP contribution in [0.25, 0.3) is 0 Å². The van der Waals surface area contributed by atoms with Gasteiger partial charge < -0.3 is 24.1 Å². The average Bonchev–Trinajstić information content (AvgIpc) is 2.85. The first-order valence-corrected chi connectivity index (χ1v) is 10.3. The molecule has 0 radical (unpaired) electrons. The average molecular weight is 408 g/mol. The van der Waals surface area contributed by atoms with Gasteiger partial charge in [-0.05, 0) is 39.5 Å². The van der Waals surface area contributed by atoms with Crippen molar-refractivity contribution < 1.29 is 33.6 Å². The van der Waals surface area contributed by atoms with E-state index < -0.39 is 30.1 Å². The zero-order valence-corrected chi connectivity index (χ0v) is 17.8.